The molecule has 0 saturated carbocycles. The molecule has 4 rings (SSSR count). The zero-order valence-electron chi connectivity index (χ0n) is 16.4. The number of hydrogen-bond acceptors (Lipinski definition) is 5. The summed E-state index contributed by atoms with van der Waals surface area (Å²) in [6, 6.07) is 10.7. The van der Waals surface area contributed by atoms with Gasteiger partial charge >= 0.3 is 6.18 Å². The van der Waals surface area contributed by atoms with Gasteiger partial charge in [0.15, 0.2) is 0 Å². The quantitative estimate of drug-likeness (QED) is 0.764. The van der Waals surface area contributed by atoms with E-state index in [-0.39, 0.29) is 11.7 Å². The van der Waals surface area contributed by atoms with Crippen LogP contribution in [0, 0.1) is 0 Å². The summed E-state index contributed by atoms with van der Waals surface area (Å²) in [6.07, 6.45) is -2.34. The fourth-order valence-electron chi connectivity index (χ4n) is 4.22. The van der Waals surface area contributed by atoms with Crippen molar-refractivity contribution in [1.82, 2.24) is 14.9 Å². The maximum atomic E-state index is 13.6. The second-order valence-electron chi connectivity index (χ2n) is 7.60. The highest BCUT2D eigenvalue weighted by molar-refractivity contribution is 5.88. The number of ether oxygens (including phenoxy) is 1. The third-order valence-electron chi connectivity index (χ3n) is 5.92. The SMILES string of the molecule is O=C(N1CCN(c2cc(C(F)(F)F)ncn2)CC1)C1(c2ccccc2)CCOCC1. The van der Waals surface area contributed by atoms with Crippen LogP contribution in [-0.4, -0.2) is 60.2 Å². The number of hydrogen-bond donors (Lipinski definition) is 0. The van der Waals surface area contributed by atoms with Crippen molar-refractivity contribution in [3.8, 4) is 0 Å². The van der Waals surface area contributed by atoms with Gasteiger partial charge in [0.05, 0.1) is 5.41 Å². The molecule has 0 unspecified atom stereocenters. The van der Waals surface area contributed by atoms with Crippen LogP contribution >= 0.6 is 0 Å². The monoisotopic (exact) mass is 420 g/mol. The molecule has 2 saturated heterocycles. The number of aromatic nitrogens is 2. The van der Waals surface area contributed by atoms with Gasteiger partial charge in [-0.15, -0.1) is 0 Å². The molecule has 0 spiro atoms. The molecule has 160 valence electrons. The van der Waals surface area contributed by atoms with Crippen LogP contribution in [0.25, 0.3) is 0 Å². The van der Waals surface area contributed by atoms with Crippen molar-refractivity contribution in [3.63, 3.8) is 0 Å². The summed E-state index contributed by atoms with van der Waals surface area (Å²) < 4.78 is 44.3. The maximum absolute atomic E-state index is 13.6. The molecule has 9 heteroatoms. The van der Waals surface area contributed by atoms with E-state index >= 15 is 0 Å². The summed E-state index contributed by atoms with van der Waals surface area (Å²) >= 11 is 0. The number of carbonyl (C=O) groups is 1. The standard InChI is InChI=1S/C21H23F3N4O2/c22-21(23,24)17-14-18(26-15-25-17)27-8-10-28(11-9-27)19(29)20(6-12-30-13-7-20)16-4-2-1-3-5-16/h1-5,14-15H,6-13H2. The van der Waals surface area contributed by atoms with E-state index < -0.39 is 17.3 Å². The Kier molecular flexibility index (Phi) is 5.64. The Balaban J connectivity index is 1.49. The molecule has 1 aromatic carbocycles. The van der Waals surface area contributed by atoms with Crippen molar-refractivity contribution in [3.05, 3.63) is 54.0 Å². The summed E-state index contributed by atoms with van der Waals surface area (Å²) in [5.41, 5.74) is -0.581. The molecule has 2 fully saturated rings. The molecule has 3 heterocycles. The van der Waals surface area contributed by atoms with Crippen LogP contribution in [0.1, 0.15) is 24.1 Å². The zero-order chi connectivity index (χ0) is 21.2. The van der Waals surface area contributed by atoms with E-state index in [4.69, 9.17) is 4.74 Å². The van der Waals surface area contributed by atoms with E-state index in [1.165, 1.54) is 0 Å². The van der Waals surface area contributed by atoms with Gasteiger partial charge in [0.1, 0.15) is 17.8 Å². The summed E-state index contributed by atoms with van der Waals surface area (Å²) in [6.45, 7) is 2.76. The Morgan fingerprint density at radius 3 is 2.30 bits per heavy atom. The first-order valence-electron chi connectivity index (χ1n) is 9.97. The average Bonchev–Trinajstić information content (AvgIpc) is 2.79. The smallest absolute Gasteiger partial charge is 0.381 e. The van der Waals surface area contributed by atoms with Crippen LogP contribution in [0.3, 0.4) is 0 Å². The Morgan fingerprint density at radius 2 is 1.67 bits per heavy atom. The van der Waals surface area contributed by atoms with Crippen molar-refractivity contribution in [2.75, 3.05) is 44.3 Å². The molecule has 0 bridgehead atoms. The minimum absolute atomic E-state index is 0.0651. The molecule has 1 amide bonds. The molecule has 0 atom stereocenters. The van der Waals surface area contributed by atoms with Gasteiger partial charge in [0, 0.05) is 45.5 Å². The zero-order valence-corrected chi connectivity index (χ0v) is 16.4. The van der Waals surface area contributed by atoms with Crippen LogP contribution in [-0.2, 0) is 21.1 Å². The molecule has 0 radical (unpaired) electrons. The molecule has 6 nitrogen and oxygen atoms in total. The fourth-order valence-corrected chi connectivity index (χ4v) is 4.22. The van der Waals surface area contributed by atoms with Crippen LogP contribution in [0.2, 0.25) is 0 Å². The highest BCUT2D eigenvalue weighted by atomic mass is 19.4. The topological polar surface area (TPSA) is 58.6 Å². The number of halogens is 3. The van der Waals surface area contributed by atoms with E-state index in [9.17, 15) is 18.0 Å². The van der Waals surface area contributed by atoms with Crippen LogP contribution in [0.4, 0.5) is 19.0 Å². The second kappa shape index (κ2) is 8.22. The first kappa shape index (κ1) is 20.6. The molecule has 0 aliphatic carbocycles. The van der Waals surface area contributed by atoms with Crippen molar-refractivity contribution >= 4 is 11.7 Å². The summed E-state index contributed by atoms with van der Waals surface area (Å²) in [4.78, 5) is 24.5. The summed E-state index contributed by atoms with van der Waals surface area (Å²) in [7, 11) is 0. The predicted octanol–water partition coefficient (Wildman–Crippen LogP) is 2.89. The van der Waals surface area contributed by atoms with Crippen LogP contribution < -0.4 is 4.90 Å². The lowest BCUT2D eigenvalue weighted by Crippen LogP contribution is -2.56. The van der Waals surface area contributed by atoms with Crippen molar-refractivity contribution in [2.24, 2.45) is 0 Å². The van der Waals surface area contributed by atoms with Crippen molar-refractivity contribution in [1.29, 1.82) is 0 Å². The van der Waals surface area contributed by atoms with Gasteiger partial charge in [0.2, 0.25) is 5.91 Å². The Hall–Kier alpha value is -2.68. The minimum atomic E-state index is -4.51. The maximum Gasteiger partial charge on any atom is 0.433 e. The Bertz CT molecular complexity index is 877. The highest BCUT2D eigenvalue weighted by Gasteiger charge is 2.44. The van der Waals surface area contributed by atoms with Crippen LogP contribution in [0.5, 0.6) is 0 Å². The molecule has 1 aromatic heterocycles. The van der Waals surface area contributed by atoms with Gasteiger partial charge in [-0.3, -0.25) is 4.79 Å². The molecule has 2 aromatic rings. The number of nitrogens with zero attached hydrogens (tertiary/aromatic N) is 4. The minimum Gasteiger partial charge on any atom is -0.381 e. The lowest BCUT2D eigenvalue weighted by Gasteiger charge is -2.43. The van der Waals surface area contributed by atoms with E-state index in [2.05, 4.69) is 9.97 Å². The number of benzene rings is 1. The summed E-state index contributed by atoms with van der Waals surface area (Å²) in [5.74, 6) is 0.295. The predicted molar refractivity (Wildman–Crippen MR) is 104 cm³/mol. The number of alkyl halides is 3. The Morgan fingerprint density at radius 1 is 1.00 bits per heavy atom. The fraction of sp³-hybridized carbons (Fsp3) is 0.476. The van der Waals surface area contributed by atoms with Gasteiger partial charge < -0.3 is 14.5 Å². The largest absolute Gasteiger partial charge is 0.433 e. The number of rotatable bonds is 3. The first-order chi connectivity index (χ1) is 14.4. The Labute approximate surface area is 172 Å². The molecule has 30 heavy (non-hydrogen) atoms. The second-order valence-corrected chi connectivity index (χ2v) is 7.60. The van der Waals surface area contributed by atoms with Gasteiger partial charge in [-0.25, -0.2) is 9.97 Å². The molecule has 2 aliphatic rings. The third kappa shape index (κ3) is 3.98. The third-order valence-corrected chi connectivity index (χ3v) is 5.92. The van der Waals surface area contributed by atoms with Gasteiger partial charge in [0.25, 0.3) is 0 Å². The van der Waals surface area contributed by atoms with Gasteiger partial charge in [-0.1, -0.05) is 30.3 Å². The number of anilines is 1. The number of carbonyl (C=O) groups excluding carboxylic acids is 1. The normalized spacial score (nSPS) is 19.6. The van der Waals surface area contributed by atoms with E-state index in [0.717, 1.165) is 18.0 Å². The summed E-state index contributed by atoms with van der Waals surface area (Å²) in [5, 5.41) is 0. The molecular formula is C21H23F3N4O2. The van der Waals surface area contributed by atoms with Crippen molar-refractivity contribution < 1.29 is 22.7 Å². The molecular weight excluding hydrogens is 397 g/mol. The highest BCUT2D eigenvalue weighted by Crippen LogP contribution is 2.37. The van der Waals surface area contributed by atoms with Crippen molar-refractivity contribution in [2.45, 2.75) is 24.4 Å². The number of piperazine rings is 1. The molecule has 2 aliphatic heterocycles. The number of amides is 1. The molecule has 0 N–H and O–H groups in total. The average molecular weight is 420 g/mol. The first-order valence-corrected chi connectivity index (χ1v) is 9.97. The van der Waals surface area contributed by atoms with E-state index in [1.54, 1.807) is 4.90 Å². The lowest BCUT2D eigenvalue weighted by molar-refractivity contribution is -0.142. The van der Waals surface area contributed by atoms with Crippen LogP contribution in [0.15, 0.2) is 42.7 Å². The van der Waals surface area contributed by atoms with Gasteiger partial charge in [-0.05, 0) is 18.4 Å². The van der Waals surface area contributed by atoms with E-state index in [1.807, 2.05) is 35.2 Å². The lowest BCUT2D eigenvalue weighted by atomic mass is 9.73. The van der Waals surface area contributed by atoms with Gasteiger partial charge in [-0.2, -0.15) is 13.2 Å². The van der Waals surface area contributed by atoms with E-state index in [0.29, 0.717) is 52.2 Å².